The minimum Gasteiger partial charge on any atom is -0.444 e. The molecule has 24 heavy (non-hydrogen) atoms. The third kappa shape index (κ3) is 5.48. The number of aromatic nitrogens is 2. The van der Waals surface area contributed by atoms with Gasteiger partial charge in [0.05, 0.1) is 11.8 Å². The fraction of sp³-hybridized carbons (Fsp3) is 0.733. The average molecular weight is 358 g/mol. The van der Waals surface area contributed by atoms with Crippen molar-refractivity contribution in [1.29, 1.82) is 0 Å². The van der Waals surface area contributed by atoms with E-state index in [0.717, 1.165) is 0 Å². The number of carbonyl (C=O) groups excluding carboxylic acids is 1. The van der Waals surface area contributed by atoms with Crippen LogP contribution in [0.15, 0.2) is 18.5 Å². The number of ether oxygens (including phenoxy) is 1. The van der Waals surface area contributed by atoms with E-state index in [1.165, 1.54) is 0 Å². The summed E-state index contributed by atoms with van der Waals surface area (Å²) < 4.78 is 34.3. The van der Waals surface area contributed by atoms with Crippen molar-refractivity contribution < 1.29 is 17.9 Å². The van der Waals surface area contributed by atoms with Gasteiger partial charge in [-0.15, -0.1) is 0 Å². The normalized spacial score (nSPS) is 17.0. The maximum absolute atomic E-state index is 12.3. The van der Waals surface area contributed by atoms with Crippen molar-refractivity contribution in [2.75, 3.05) is 19.6 Å². The minimum atomic E-state index is -3.39. The topological polar surface area (TPSA) is 93.5 Å². The number of nitrogens with zero attached hydrogens (tertiary/aromatic N) is 3. The highest BCUT2D eigenvalue weighted by molar-refractivity contribution is 7.90. The summed E-state index contributed by atoms with van der Waals surface area (Å²) in [6.07, 6.45) is 3.88. The summed E-state index contributed by atoms with van der Waals surface area (Å²) in [5.41, 5.74) is -0.548. The molecule has 136 valence electrons. The summed E-state index contributed by atoms with van der Waals surface area (Å²) in [6, 6.07) is 1.79. The van der Waals surface area contributed by atoms with Crippen LogP contribution in [-0.4, -0.2) is 59.7 Å². The Bertz CT molecular complexity index is 629. The standard InChI is InChI=1S/C15H26N4O4S/c1-15(2,3)23-14(20)18-10-5-13(6-11-18)24(21,22)17-8-12-19-9-4-7-16-19/h4,7,9,13,17H,5-6,8,10-12H2,1-3H3. The predicted molar refractivity (Wildman–Crippen MR) is 90.0 cm³/mol. The van der Waals surface area contributed by atoms with E-state index >= 15 is 0 Å². The van der Waals surface area contributed by atoms with E-state index in [1.807, 2.05) is 20.8 Å². The van der Waals surface area contributed by atoms with Crippen LogP contribution in [-0.2, 0) is 21.3 Å². The van der Waals surface area contributed by atoms with Gasteiger partial charge in [-0.3, -0.25) is 4.68 Å². The van der Waals surface area contributed by atoms with Gasteiger partial charge < -0.3 is 9.64 Å². The van der Waals surface area contributed by atoms with Gasteiger partial charge in [0, 0.05) is 32.0 Å². The number of hydrogen-bond acceptors (Lipinski definition) is 5. The van der Waals surface area contributed by atoms with E-state index in [-0.39, 0.29) is 6.09 Å². The lowest BCUT2D eigenvalue weighted by atomic mass is 10.1. The lowest BCUT2D eigenvalue weighted by Gasteiger charge is -2.33. The third-order valence-corrected chi connectivity index (χ3v) is 5.69. The summed E-state index contributed by atoms with van der Waals surface area (Å²) >= 11 is 0. The molecule has 0 aromatic carbocycles. The van der Waals surface area contributed by atoms with Gasteiger partial charge in [-0.25, -0.2) is 17.9 Å². The number of piperidine rings is 1. The molecule has 1 fully saturated rings. The Labute approximate surface area is 143 Å². The zero-order chi connectivity index (χ0) is 17.8. The average Bonchev–Trinajstić information content (AvgIpc) is 2.99. The van der Waals surface area contributed by atoms with Gasteiger partial charge in [0.15, 0.2) is 0 Å². The molecule has 1 saturated heterocycles. The zero-order valence-electron chi connectivity index (χ0n) is 14.4. The molecular weight excluding hydrogens is 332 g/mol. The van der Waals surface area contributed by atoms with E-state index in [9.17, 15) is 13.2 Å². The van der Waals surface area contributed by atoms with Crippen LogP contribution in [0.25, 0.3) is 0 Å². The second kappa shape index (κ2) is 7.52. The molecule has 1 aliphatic rings. The lowest BCUT2D eigenvalue weighted by Crippen LogP contribution is -2.47. The Morgan fingerprint density at radius 1 is 1.33 bits per heavy atom. The minimum absolute atomic E-state index is 0.302. The number of rotatable bonds is 5. The molecule has 0 atom stereocenters. The van der Waals surface area contributed by atoms with Gasteiger partial charge in [-0.2, -0.15) is 5.10 Å². The lowest BCUT2D eigenvalue weighted by molar-refractivity contribution is 0.0217. The zero-order valence-corrected chi connectivity index (χ0v) is 15.3. The molecule has 1 aromatic heterocycles. The summed E-state index contributed by atoms with van der Waals surface area (Å²) in [5.74, 6) is 0. The fourth-order valence-electron chi connectivity index (χ4n) is 2.53. The second-order valence-corrected chi connectivity index (χ2v) is 8.92. The molecule has 0 aliphatic carbocycles. The van der Waals surface area contributed by atoms with Gasteiger partial charge in [-0.05, 0) is 39.7 Å². The monoisotopic (exact) mass is 358 g/mol. The van der Waals surface area contributed by atoms with Crippen molar-refractivity contribution in [1.82, 2.24) is 19.4 Å². The second-order valence-electron chi connectivity index (χ2n) is 6.88. The number of hydrogen-bond donors (Lipinski definition) is 1. The molecular formula is C15H26N4O4S. The third-order valence-electron chi connectivity index (χ3n) is 3.74. The van der Waals surface area contributed by atoms with E-state index in [0.29, 0.717) is 39.0 Å². The fourth-order valence-corrected chi connectivity index (χ4v) is 3.97. The number of amides is 1. The first-order valence-electron chi connectivity index (χ1n) is 8.11. The first kappa shape index (κ1) is 18.7. The molecule has 0 unspecified atom stereocenters. The molecule has 1 aromatic rings. The van der Waals surface area contributed by atoms with Crippen LogP contribution >= 0.6 is 0 Å². The molecule has 2 heterocycles. The first-order chi connectivity index (χ1) is 11.2. The predicted octanol–water partition coefficient (Wildman–Crippen LogP) is 1.20. The van der Waals surface area contributed by atoms with Crippen LogP contribution in [0.3, 0.4) is 0 Å². The summed E-state index contributed by atoms with van der Waals surface area (Å²) in [5, 5.41) is 3.55. The van der Waals surface area contributed by atoms with Crippen molar-refractivity contribution in [2.24, 2.45) is 0 Å². The molecule has 8 nitrogen and oxygen atoms in total. The van der Waals surface area contributed by atoms with Gasteiger partial charge in [0.1, 0.15) is 5.60 Å². The molecule has 0 bridgehead atoms. The molecule has 0 spiro atoms. The Morgan fingerprint density at radius 3 is 2.54 bits per heavy atom. The Balaban J connectivity index is 1.78. The van der Waals surface area contributed by atoms with Gasteiger partial charge in [0.2, 0.25) is 10.0 Å². The Hall–Kier alpha value is -1.61. The van der Waals surface area contributed by atoms with Gasteiger partial charge in [0.25, 0.3) is 0 Å². The molecule has 2 rings (SSSR count). The number of sulfonamides is 1. The van der Waals surface area contributed by atoms with Crippen molar-refractivity contribution in [3.63, 3.8) is 0 Å². The SMILES string of the molecule is CC(C)(C)OC(=O)N1CCC(S(=O)(=O)NCCn2cccn2)CC1. The van der Waals surface area contributed by atoms with Gasteiger partial charge >= 0.3 is 6.09 Å². The Morgan fingerprint density at radius 2 is 2.00 bits per heavy atom. The largest absolute Gasteiger partial charge is 0.444 e. The van der Waals surface area contributed by atoms with Crippen molar-refractivity contribution in [2.45, 2.75) is 51.0 Å². The van der Waals surface area contributed by atoms with Crippen LogP contribution in [0.4, 0.5) is 4.79 Å². The van der Waals surface area contributed by atoms with Crippen LogP contribution in [0, 0.1) is 0 Å². The molecule has 1 amide bonds. The van der Waals surface area contributed by atoms with Crippen LogP contribution in [0.2, 0.25) is 0 Å². The highest BCUT2D eigenvalue weighted by atomic mass is 32.2. The molecule has 1 aliphatic heterocycles. The van der Waals surface area contributed by atoms with E-state index in [1.54, 1.807) is 28.0 Å². The molecule has 0 saturated carbocycles. The van der Waals surface area contributed by atoms with Crippen LogP contribution in [0.1, 0.15) is 33.6 Å². The van der Waals surface area contributed by atoms with E-state index in [4.69, 9.17) is 4.74 Å². The molecule has 1 N–H and O–H groups in total. The van der Waals surface area contributed by atoms with Crippen LogP contribution < -0.4 is 4.72 Å². The first-order valence-corrected chi connectivity index (χ1v) is 9.66. The quantitative estimate of drug-likeness (QED) is 0.854. The number of carbonyl (C=O) groups is 1. The van der Waals surface area contributed by atoms with E-state index < -0.39 is 20.9 Å². The van der Waals surface area contributed by atoms with Crippen LogP contribution in [0.5, 0.6) is 0 Å². The summed E-state index contributed by atoms with van der Waals surface area (Å²) in [7, 11) is -3.39. The number of likely N-dealkylation sites (tertiary alicyclic amines) is 1. The van der Waals surface area contributed by atoms with Crippen molar-refractivity contribution in [3.05, 3.63) is 18.5 Å². The van der Waals surface area contributed by atoms with E-state index in [2.05, 4.69) is 9.82 Å². The highest BCUT2D eigenvalue weighted by Crippen LogP contribution is 2.19. The molecule has 0 radical (unpaired) electrons. The molecule has 9 heteroatoms. The van der Waals surface area contributed by atoms with Crippen molar-refractivity contribution in [3.8, 4) is 0 Å². The maximum Gasteiger partial charge on any atom is 0.410 e. The summed E-state index contributed by atoms with van der Waals surface area (Å²) in [4.78, 5) is 13.6. The Kier molecular flexibility index (Phi) is 5.87. The van der Waals surface area contributed by atoms with Crippen molar-refractivity contribution >= 4 is 16.1 Å². The smallest absolute Gasteiger partial charge is 0.410 e. The maximum atomic E-state index is 12.3. The highest BCUT2D eigenvalue weighted by Gasteiger charge is 2.32. The van der Waals surface area contributed by atoms with Gasteiger partial charge in [-0.1, -0.05) is 0 Å². The summed E-state index contributed by atoms with van der Waals surface area (Å²) in [6.45, 7) is 7.00. The number of nitrogens with one attached hydrogen (secondary N) is 1.